The summed E-state index contributed by atoms with van der Waals surface area (Å²) in [6, 6.07) is 15.5. The molecule has 14 heteroatoms. The molecule has 3 aromatic heterocycles. The second kappa shape index (κ2) is 11.6. The minimum Gasteiger partial charge on any atom is -0.469 e. The molecule has 10 bridgehead atoms. The van der Waals surface area contributed by atoms with Crippen molar-refractivity contribution in [1.29, 1.82) is 0 Å². The number of hydrogen-bond donors (Lipinski definition) is 5. The average molecular weight is 765 g/mol. The fourth-order valence-electron chi connectivity index (χ4n) is 8.53. The van der Waals surface area contributed by atoms with Crippen LogP contribution in [0.15, 0.2) is 63.4 Å². The van der Waals surface area contributed by atoms with Crippen molar-refractivity contribution in [3.8, 4) is 39.8 Å². The Labute approximate surface area is 319 Å². The first-order valence-corrected chi connectivity index (χ1v) is 18.8. The Hall–Kier alpha value is -5.30. The van der Waals surface area contributed by atoms with Gasteiger partial charge in [0.05, 0.1) is 11.6 Å². The minimum atomic E-state index is -1.12. The average Bonchev–Trinajstić information content (AvgIpc) is 3.94. The van der Waals surface area contributed by atoms with Gasteiger partial charge < -0.3 is 40.2 Å². The van der Waals surface area contributed by atoms with Gasteiger partial charge in [-0.1, -0.05) is 93.4 Å². The van der Waals surface area contributed by atoms with Crippen molar-refractivity contribution in [2.45, 2.75) is 63.9 Å². The van der Waals surface area contributed by atoms with Crippen LogP contribution in [0.4, 0.5) is 5.69 Å². The second-order valence-electron chi connectivity index (χ2n) is 15.2. The van der Waals surface area contributed by atoms with Crippen molar-refractivity contribution in [1.82, 2.24) is 25.6 Å². The highest BCUT2D eigenvalue weighted by Crippen LogP contribution is 2.62. The number of benzene rings is 3. The maximum absolute atomic E-state index is 14.2. The number of rotatable bonds is 4. The molecule has 54 heavy (non-hydrogen) atoms. The third-order valence-electron chi connectivity index (χ3n) is 11.3. The van der Waals surface area contributed by atoms with Crippen LogP contribution >= 0.6 is 23.2 Å². The van der Waals surface area contributed by atoms with Crippen LogP contribution in [0.2, 0.25) is 10.3 Å². The van der Waals surface area contributed by atoms with Gasteiger partial charge in [-0.2, -0.15) is 4.98 Å². The lowest BCUT2D eigenvalue weighted by atomic mass is 9.72. The fraction of sp³-hybridized carbons (Fsp3) is 0.300. The number of nitrogens with zero attached hydrogens (tertiary/aromatic N) is 2. The van der Waals surface area contributed by atoms with E-state index in [0.29, 0.717) is 27.9 Å². The van der Waals surface area contributed by atoms with E-state index in [-0.39, 0.29) is 41.0 Å². The molecule has 3 aromatic carbocycles. The largest absolute Gasteiger partial charge is 0.469 e. The number of halogens is 2. The Bertz CT molecular complexity index is 2590. The number of carbonyl (C=O) groups excluding carboxylic acids is 2. The number of carbonyl (C=O) groups is 2. The van der Waals surface area contributed by atoms with Crippen LogP contribution in [0.25, 0.3) is 44.9 Å². The van der Waals surface area contributed by atoms with Gasteiger partial charge in [0.25, 0.3) is 5.89 Å². The van der Waals surface area contributed by atoms with E-state index in [2.05, 4.69) is 33.1 Å². The smallest absolute Gasteiger partial charge is 0.250 e. The van der Waals surface area contributed by atoms with Crippen molar-refractivity contribution in [3.05, 3.63) is 93.2 Å². The van der Waals surface area contributed by atoms with Crippen LogP contribution in [-0.2, 0) is 21.4 Å². The molecule has 0 aliphatic carbocycles. The fourth-order valence-corrected chi connectivity index (χ4v) is 9.02. The topological polar surface area (TPSA) is 173 Å². The van der Waals surface area contributed by atoms with E-state index < -0.39 is 41.6 Å². The molecule has 0 radical (unpaired) electrons. The highest BCUT2D eigenvalue weighted by atomic mass is 35.5. The number of oxazole rings is 2. The molecule has 12 nitrogen and oxygen atoms in total. The zero-order chi connectivity index (χ0) is 37.4. The molecule has 0 saturated heterocycles. The Morgan fingerprint density at radius 3 is 2.59 bits per heavy atom. The molecular weight excluding hydrogens is 729 g/mol. The third kappa shape index (κ3) is 4.47. The second-order valence-corrected chi connectivity index (χ2v) is 15.9. The summed E-state index contributed by atoms with van der Waals surface area (Å²) in [7, 11) is 0. The zero-order valence-corrected chi connectivity index (χ0v) is 31.1. The first-order chi connectivity index (χ1) is 25.9. The van der Waals surface area contributed by atoms with Crippen LogP contribution in [0, 0.1) is 11.8 Å². The molecule has 6 N–H and O–H groups in total. The lowest BCUT2D eigenvalue weighted by Gasteiger charge is -2.29. The number of nitrogens with two attached hydrogens (primary N) is 1. The maximum atomic E-state index is 14.2. The van der Waals surface area contributed by atoms with Crippen LogP contribution in [0.3, 0.4) is 0 Å². The van der Waals surface area contributed by atoms with E-state index in [1.165, 1.54) is 0 Å². The van der Waals surface area contributed by atoms with Crippen molar-refractivity contribution in [3.63, 3.8) is 0 Å². The molecule has 5 atom stereocenters. The maximum Gasteiger partial charge on any atom is 0.250 e. The van der Waals surface area contributed by atoms with Gasteiger partial charge in [-0.15, -0.1) is 0 Å². The van der Waals surface area contributed by atoms with Crippen molar-refractivity contribution >= 4 is 51.6 Å². The first kappa shape index (κ1) is 33.3. The molecule has 2 amide bonds. The summed E-state index contributed by atoms with van der Waals surface area (Å²) in [5, 5.41) is 11.1. The third-order valence-corrected chi connectivity index (χ3v) is 11.8. The molecule has 5 unspecified atom stereocenters. The van der Waals surface area contributed by atoms with E-state index in [9.17, 15) is 9.59 Å². The van der Waals surface area contributed by atoms with Gasteiger partial charge in [-0.25, -0.2) is 4.98 Å². The standard InChI is InChI=1S/C40H35Cl2N7O5/c1-15(2)27(43)36(51)45-23-14-17-11-12-24-21(13-17)40-20-9-5-8-19(29(20)48-39(40)52-24)18-7-6-10-22-25(18)26(33(41)44-22)31-34(42)49-38(53-31)30-32(40)54-37(47-30)28(16(3)4)46-35(23)50/h5-13,15-16,23,27-28,39,44,48H,14,43H2,1-4H3,(H,45,51)(H,46,50). The number of para-hydroxylation sites is 1. The molecule has 10 rings (SSSR count). The van der Waals surface area contributed by atoms with Crippen LogP contribution in [0.1, 0.15) is 62.1 Å². The number of fused-ring (bicyclic) bond motifs is 7. The van der Waals surface area contributed by atoms with E-state index in [0.717, 1.165) is 44.4 Å². The molecule has 6 aromatic rings. The number of hydrogen-bond acceptors (Lipinski definition) is 9. The monoisotopic (exact) mass is 763 g/mol. The van der Waals surface area contributed by atoms with E-state index in [1.54, 1.807) is 0 Å². The molecule has 0 fully saturated rings. The number of nitrogens with one attached hydrogen (secondary N) is 4. The van der Waals surface area contributed by atoms with Crippen LogP contribution in [0.5, 0.6) is 5.75 Å². The van der Waals surface area contributed by atoms with E-state index in [4.69, 9.17) is 52.5 Å². The summed E-state index contributed by atoms with van der Waals surface area (Å²) in [4.78, 5) is 40.7. The Morgan fingerprint density at radius 1 is 1.00 bits per heavy atom. The highest BCUT2D eigenvalue weighted by Gasteiger charge is 2.61. The van der Waals surface area contributed by atoms with Gasteiger partial charge >= 0.3 is 0 Å². The van der Waals surface area contributed by atoms with Gasteiger partial charge in [0.1, 0.15) is 28.4 Å². The molecule has 7 heterocycles. The number of aromatic nitrogens is 3. The summed E-state index contributed by atoms with van der Waals surface area (Å²) in [6.07, 6.45) is -0.495. The van der Waals surface area contributed by atoms with Crippen LogP contribution in [-0.4, -0.2) is 45.1 Å². The molecule has 0 saturated carbocycles. The van der Waals surface area contributed by atoms with Crippen molar-refractivity contribution < 1.29 is 23.2 Å². The number of aromatic amines is 1. The molecule has 4 aliphatic rings. The van der Waals surface area contributed by atoms with Gasteiger partial charge in [-0.05, 0) is 35.1 Å². The summed E-state index contributed by atoms with van der Waals surface area (Å²) >= 11 is 13.9. The number of ether oxygens (including phenoxy) is 1. The quantitative estimate of drug-likeness (QED) is 0.126. The van der Waals surface area contributed by atoms with Gasteiger partial charge in [0, 0.05) is 39.7 Å². The predicted octanol–water partition coefficient (Wildman–Crippen LogP) is 7.08. The van der Waals surface area contributed by atoms with Crippen LogP contribution < -0.4 is 26.4 Å². The molecular formula is C40H35Cl2N7O5. The summed E-state index contributed by atoms with van der Waals surface area (Å²) in [6.45, 7) is 7.65. The summed E-state index contributed by atoms with van der Waals surface area (Å²) < 4.78 is 20.4. The van der Waals surface area contributed by atoms with E-state index >= 15 is 0 Å². The Balaban J connectivity index is 1.30. The van der Waals surface area contributed by atoms with Gasteiger partial charge in [0.15, 0.2) is 28.6 Å². The number of H-pyrrole nitrogens is 1. The predicted molar refractivity (Wildman–Crippen MR) is 203 cm³/mol. The van der Waals surface area contributed by atoms with Gasteiger partial charge in [-0.3, -0.25) is 9.59 Å². The molecule has 4 aliphatic heterocycles. The first-order valence-electron chi connectivity index (χ1n) is 18.0. The lowest BCUT2D eigenvalue weighted by Crippen LogP contribution is -2.54. The normalized spacial score (nSPS) is 22.2. The van der Waals surface area contributed by atoms with E-state index in [1.807, 2.05) is 70.2 Å². The zero-order valence-electron chi connectivity index (χ0n) is 29.6. The Kier molecular flexibility index (Phi) is 7.15. The van der Waals surface area contributed by atoms with Crippen molar-refractivity contribution in [2.75, 3.05) is 5.32 Å². The summed E-state index contributed by atoms with van der Waals surface area (Å²) in [5.74, 6) is 0.513. The van der Waals surface area contributed by atoms with Crippen molar-refractivity contribution in [2.24, 2.45) is 17.6 Å². The highest BCUT2D eigenvalue weighted by molar-refractivity contribution is 6.37. The Morgan fingerprint density at radius 2 is 1.80 bits per heavy atom. The molecule has 1 spiro atoms. The lowest BCUT2D eigenvalue weighted by molar-refractivity contribution is -0.130. The number of anilines is 1. The summed E-state index contributed by atoms with van der Waals surface area (Å²) in [5.41, 5.74) is 11.9. The number of amides is 2. The SMILES string of the molecule is CC(C)C(N)C(=O)NC1Cc2ccc3c(c2)C24c5cccc(c5NC2O3)-c2cccc3[nH]c(Cl)c(c23)-c2oc(nc2Cl)-c2nc(oc24)C(C(C)C)NC1=O. The minimum absolute atomic E-state index is 0.0974. The molecule has 274 valence electrons. The van der Waals surface area contributed by atoms with Gasteiger partial charge in [0.2, 0.25) is 17.7 Å².